The van der Waals surface area contributed by atoms with E-state index < -0.39 is 0 Å². The maximum Gasteiger partial charge on any atom is 0.282 e. The molecule has 0 atom stereocenters. The Balaban J connectivity index is 1.60. The van der Waals surface area contributed by atoms with Crippen molar-refractivity contribution in [1.29, 1.82) is 0 Å². The summed E-state index contributed by atoms with van der Waals surface area (Å²) in [5, 5.41) is 2.92. The van der Waals surface area contributed by atoms with Gasteiger partial charge in [0, 0.05) is 27.4 Å². The summed E-state index contributed by atoms with van der Waals surface area (Å²) in [7, 11) is 0. The van der Waals surface area contributed by atoms with Gasteiger partial charge in [0.15, 0.2) is 0 Å². The van der Waals surface area contributed by atoms with Gasteiger partial charge >= 0.3 is 0 Å². The number of imidazole rings is 1. The van der Waals surface area contributed by atoms with Gasteiger partial charge in [-0.3, -0.25) is 13.8 Å². The molecular formula is C40H27N3O. The fourth-order valence-corrected chi connectivity index (χ4v) is 6.45. The third-order valence-electron chi connectivity index (χ3n) is 8.40. The van der Waals surface area contributed by atoms with Gasteiger partial charge in [0.2, 0.25) is 0 Å². The topological polar surface area (TPSA) is 39.3 Å². The third kappa shape index (κ3) is 3.78. The molecule has 4 nitrogen and oxygen atoms in total. The molecule has 8 aromatic rings. The molecule has 3 heterocycles. The highest BCUT2D eigenvalue weighted by atomic mass is 16.1. The Labute approximate surface area is 254 Å². The van der Waals surface area contributed by atoms with Crippen molar-refractivity contribution in [2.45, 2.75) is 0 Å². The minimum absolute atomic E-state index is 0.100. The number of allylic oxidation sites excluding steroid dienone is 4. The quantitative estimate of drug-likeness (QED) is 0.188. The molecule has 0 aliphatic carbocycles. The molecule has 208 valence electrons. The largest absolute Gasteiger partial charge is 0.287 e. The molecule has 4 heteroatoms. The number of fused-ring (bicyclic) bond motifs is 5. The van der Waals surface area contributed by atoms with Crippen LogP contribution in [0.1, 0.15) is 5.56 Å². The van der Waals surface area contributed by atoms with E-state index >= 15 is 0 Å². The molecule has 0 fully saturated rings. The smallest absolute Gasteiger partial charge is 0.282 e. The summed E-state index contributed by atoms with van der Waals surface area (Å²) in [4.78, 5) is 20.0. The van der Waals surface area contributed by atoms with Gasteiger partial charge in [0.05, 0.1) is 11.0 Å². The molecule has 3 aromatic heterocycles. The van der Waals surface area contributed by atoms with E-state index in [2.05, 4.69) is 55.6 Å². The highest BCUT2D eigenvalue weighted by molar-refractivity contribution is 6.21. The molecule has 0 aliphatic rings. The first-order valence-electron chi connectivity index (χ1n) is 14.6. The van der Waals surface area contributed by atoms with E-state index in [1.807, 2.05) is 100.0 Å². The maximum atomic E-state index is 14.8. The van der Waals surface area contributed by atoms with Crippen molar-refractivity contribution < 1.29 is 0 Å². The monoisotopic (exact) mass is 565 g/mol. The summed E-state index contributed by atoms with van der Waals surface area (Å²) in [5.74, 6) is 0.723. The van der Waals surface area contributed by atoms with Gasteiger partial charge in [-0.2, -0.15) is 0 Å². The second-order valence-electron chi connectivity index (χ2n) is 10.9. The van der Waals surface area contributed by atoms with Crippen LogP contribution in [0.3, 0.4) is 0 Å². The minimum Gasteiger partial charge on any atom is -0.287 e. The molecule has 0 bridgehead atoms. The van der Waals surface area contributed by atoms with Crippen molar-refractivity contribution in [3.05, 3.63) is 169 Å². The molecule has 0 amide bonds. The average Bonchev–Trinajstić information content (AvgIpc) is 3.65. The molecule has 0 N–H and O–H groups in total. The predicted octanol–water partition coefficient (Wildman–Crippen LogP) is 9.47. The minimum atomic E-state index is -0.100. The van der Waals surface area contributed by atoms with E-state index in [0.29, 0.717) is 11.0 Å². The SMILES string of the molecule is C=C/C=C(\C=C)c1cc2c3cc(-c4ccccc4)ccc3n3c(=O)c4c(nc(-c5ccccc5)n4-c4ccccc4)c(c1)c23. The Kier molecular flexibility index (Phi) is 5.88. The van der Waals surface area contributed by atoms with Gasteiger partial charge in [-0.25, -0.2) is 4.98 Å². The number of rotatable bonds is 6. The zero-order chi connectivity index (χ0) is 29.8. The second kappa shape index (κ2) is 10.1. The molecule has 0 saturated heterocycles. The van der Waals surface area contributed by atoms with E-state index in [1.54, 1.807) is 6.08 Å². The first-order valence-corrected chi connectivity index (χ1v) is 14.6. The number of pyridine rings is 1. The zero-order valence-electron chi connectivity index (χ0n) is 23.9. The van der Waals surface area contributed by atoms with E-state index in [0.717, 1.165) is 66.5 Å². The highest BCUT2D eigenvalue weighted by Gasteiger charge is 2.25. The van der Waals surface area contributed by atoms with E-state index in [9.17, 15) is 4.79 Å². The van der Waals surface area contributed by atoms with Crippen molar-refractivity contribution >= 4 is 43.8 Å². The molecule has 0 unspecified atom stereocenters. The summed E-state index contributed by atoms with van der Waals surface area (Å²) < 4.78 is 3.88. The van der Waals surface area contributed by atoms with Gasteiger partial charge in [0.1, 0.15) is 16.9 Å². The van der Waals surface area contributed by atoms with Crippen LogP contribution >= 0.6 is 0 Å². The molecular weight excluding hydrogens is 538 g/mol. The molecule has 0 radical (unpaired) electrons. The molecule has 0 aliphatic heterocycles. The molecule has 5 aromatic carbocycles. The lowest BCUT2D eigenvalue weighted by molar-refractivity contribution is 1.08. The fourth-order valence-electron chi connectivity index (χ4n) is 6.45. The summed E-state index contributed by atoms with van der Waals surface area (Å²) in [5.41, 5.74) is 8.81. The third-order valence-corrected chi connectivity index (χ3v) is 8.40. The number of nitrogens with zero attached hydrogens (tertiary/aromatic N) is 3. The van der Waals surface area contributed by atoms with Gasteiger partial charge in [-0.05, 0) is 58.7 Å². The number of aromatic nitrogens is 3. The van der Waals surface area contributed by atoms with Crippen LogP contribution in [0.5, 0.6) is 0 Å². The van der Waals surface area contributed by atoms with Gasteiger partial charge in [0.25, 0.3) is 5.56 Å². The van der Waals surface area contributed by atoms with Crippen LogP contribution in [0.25, 0.3) is 72.0 Å². The van der Waals surface area contributed by atoms with Crippen LogP contribution in [-0.2, 0) is 0 Å². The normalized spacial score (nSPS) is 12.0. The van der Waals surface area contributed by atoms with Crippen molar-refractivity contribution in [3.63, 3.8) is 0 Å². The summed E-state index contributed by atoms with van der Waals surface area (Å²) in [6.45, 7) is 8.01. The van der Waals surface area contributed by atoms with Gasteiger partial charge < -0.3 is 0 Å². The Hall–Kier alpha value is -6.00. The molecule has 0 spiro atoms. The summed E-state index contributed by atoms with van der Waals surface area (Å²) in [6, 6.07) is 41.0. The first kappa shape index (κ1) is 25.7. The van der Waals surface area contributed by atoms with Gasteiger partial charge in [-0.15, -0.1) is 0 Å². The Morgan fingerprint density at radius 1 is 0.659 bits per heavy atom. The van der Waals surface area contributed by atoms with Crippen LogP contribution in [0, 0.1) is 0 Å². The van der Waals surface area contributed by atoms with Crippen LogP contribution in [-0.4, -0.2) is 14.0 Å². The van der Waals surface area contributed by atoms with Crippen molar-refractivity contribution in [3.8, 4) is 28.2 Å². The van der Waals surface area contributed by atoms with Crippen molar-refractivity contribution in [2.75, 3.05) is 0 Å². The standard InChI is InChI=1S/C40H27N3O/c1-3-14-26(4-2)30-24-33-32-23-29(27-15-8-5-9-16-27)21-22-35(32)43-37(33)34(25-30)36-38(40(43)44)42(31-19-12-7-13-20-31)39(41-36)28-17-10-6-11-18-28/h3-25H,1-2H2/b26-14+. The summed E-state index contributed by atoms with van der Waals surface area (Å²) in [6.07, 6.45) is 5.58. The Morgan fingerprint density at radius 2 is 1.32 bits per heavy atom. The Bertz CT molecular complexity index is 2470. The number of hydrogen-bond donors (Lipinski definition) is 0. The number of benzene rings is 5. The average molecular weight is 566 g/mol. The lowest BCUT2D eigenvalue weighted by Gasteiger charge is -2.10. The van der Waals surface area contributed by atoms with Crippen LogP contribution in [0.2, 0.25) is 0 Å². The lowest BCUT2D eigenvalue weighted by Crippen LogP contribution is -2.16. The Morgan fingerprint density at radius 3 is 2.00 bits per heavy atom. The van der Waals surface area contributed by atoms with Crippen molar-refractivity contribution in [1.82, 2.24) is 14.0 Å². The van der Waals surface area contributed by atoms with Crippen LogP contribution < -0.4 is 5.56 Å². The van der Waals surface area contributed by atoms with E-state index in [4.69, 9.17) is 4.98 Å². The van der Waals surface area contributed by atoms with Crippen LogP contribution in [0.4, 0.5) is 0 Å². The zero-order valence-corrected chi connectivity index (χ0v) is 23.9. The van der Waals surface area contributed by atoms with Gasteiger partial charge in [-0.1, -0.05) is 116 Å². The van der Waals surface area contributed by atoms with Crippen molar-refractivity contribution in [2.24, 2.45) is 0 Å². The van der Waals surface area contributed by atoms with E-state index in [-0.39, 0.29) is 5.56 Å². The maximum absolute atomic E-state index is 14.8. The highest BCUT2D eigenvalue weighted by Crippen LogP contribution is 2.40. The number of hydrogen-bond acceptors (Lipinski definition) is 2. The first-order chi connectivity index (χ1) is 21.7. The molecule has 8 rings (SSSR count). The predicted molar refractivity (Wildman–Crippen MR) is 184 cm³/mol. The summed E-state index contributed by atoms with van der Waals surface area (Å²) >= 11 is 0. The molecule has 44 heavy (non-hydrogen) atoms. The number of para-hydroxylation sites is 1. The van der Waals surface area contributed by atoms with Crippen LogP contribution in [0.15, 0.2) is 158 Å². The van der Waals surface area contributed by atoms with E-state index in [1.165, 1.54) is 0 Å². The molecule has 0 saturated carbocycles. The lowest BCUT2D eigenvalue weighted by atomic mass is 9.98. The fraction of sp³-hybridized carbons (Fsp3) is 0. The second-order valence-corrected chi connectivity index (χ2v) is 10.9.